The summed E-state index contributed by atoms with van der Waals surface area (Å²) in [6, 6.07) is 4.33. The average Bonchev–Trinajstić information content (AvgIpc) is 2.81. The van der Waals surface area contributed by atoms with Crippen molar-refractivity contribution in [1.82, 2.24) is 9.59 Å². The highest BCUT2D eigenvalue weighted by molar-refractivity contribution is 9.10. The van der Waals surface area contributed by atoms with Gasteiger partial charge in [0.25, 0.3) is 0 Å². The Morgan fingerprint density at radius 2 is 2.26 bits per heavy atom. The van der Waals surface area contributed by atoms with Crippen LogP contribution in [0.1, 0.15) is 34.3 Å². The predicted octanol–water partition coefficient (Wildman–Crippen LogP) is 3.82. The van der Waals surface area contributed by atoms with Crippen LogP contribution < -0.4 is 0 Å². The first-order valence-corrected chi connectivity index (χ1v) is 7.46. The Hall–Kier alpha value is -1.14. The fourth-order valence-corrected chi connectivity index (χ4v) is 2.87. The number of benzene rings is 1. The Balaban J connectivity index is 2.18. The molecule has 6 heteroatoms. The molecule has 0 fully saturated rings. The molecular weight excluding hydrogens is 331 g/mol. The third-order valence-electron chi connectivity index (χ3n) is 2.66. The summed E-state index contributed by atoms with van der Waals surface area (Å²) in [5.41, 5.74) is 1.53. The maximum Gasteiger partial charge on any atom is 0.180 e. The number of ketones is 1. The molecule has 0 spiro atoms. The van der Waals surface area contributed by atoms with Crippen LogP contribution in [0, 0.1) is 5.82 Å². The third-order valence-corrected chi connectivity index (χ3v) is 4.21. The van der Waals surface area contributed by atoms with Gasteiger partial charge in [0.1, 0.15) is 10.7 Å². The minimum Gasteiger partial charge on any atom is -0.293 e. The number of hydrogen-bond acceptors (Lipinski definition) is 4. The second-order valence-electron chi connectivity index (χ2n) is 4.13. The van der Waals surface area contributed by atoms with Crippen molar-refractivity contribution >= 4 is 33.2 Å². The number of halogens is 2. The summed E-state index contributed by atoms with van der Waals surface area (Å²) in [5.74, 6) is -0.347. The minimum absolute atomic E-state index is 0.0224. The molecule has 0 aliphatic heterocycles. The number of Topliss-reactive ketones (excluding diaryl/α,β-unsaturated/α-hetero) is 1. The Bertz CT molecular complexity index is 600. The standard InChI is InChI=1S/C13H12BrFN2OS/c1-2-3-11-13(19-17-16-11)12(18)6-8-4-5-9(15)7-10(8)14/h4-5,7H,2-3,6H2,1H3. The van der Waals surface area contributed by atoms with Gasteiger partial charge in [-0.3, -0.25) is 4.79 Å². The predicted molar refractivity (Wildman–Crippen MR) is 76.0 cm³/mol. The summed E-state index contributed by atoms with van der Waals surface area (Å²) in [6.07, 6.45) is 1.90. The Morgan fingerprint density at radius 1 is 1.47 bits per heavy atom. The van der Waals surface area contributed by atoms with Gasteiger partial charge in [0.15, 0.2) is 5.78 Å². The van der Waals surface area contributed by atoms with Gasteiger partial charge in [0.05, 0.1) is 5.69 Å². The lowest BCUT2D eigenvalue weighted by Gasteiger charge is -2.03. The van der Waals surface area contributed by atoms with E-state index in [9.17, 15) is 9.18 Å². The quantitative estimate of drug-likeness (QED) is 0.775. The van der Waals surface area contributed by atoms with Crippen LogP contribution >= 0.6 is 27.5 Å². The fraction of sp³-hybridized carbons (Fsp3) is 0.308. The maximum absolute atomic E-state index is 13.0. The highest BCUT2D eigenvalue weighted by Gasteiger charge is 2.17. The molecule has 2 rings (SSSR count). The van der Waals surface area contributed by atoms with Gasteiger partial charge in [-0.1, -0.05) is 39.8 Å². The summed E-state index contributed by atoms with van der Waals surface area (Å²) >= 11 is 4.39. The summed E-state index contributed by atoms with van der Waals surface area (Å²) in [5, 5.41) is 3.98. The monoisotopic (exact) mass is 342 g/mol. The molecule has 100 valence electrons. The van der Waals surface area contributed by atoms with Gasteiger partial charge >= 0.3 is 0 Å². The maximum atomic E-state index is 13.0. The fourth-order valence-electron chi connectivity index (χ4n) is 1.74. The largest absolute Gasteiger partial charge is 0.293 e. The molecule has 0 atom stereocenters. The van der Waals surface area contributed by atoms with Crippen LogP contribution in [0.2, 0.25) is 0 Å². The molecule has 1 aromatic carbocycles. The second-order valence-corrected chi connectivity index (χ2v) is 5.74. The molecule has 2 aromatic rings. The lowest BCUT2D eigenvalue weighted by molar-refractivity contribution is 0.0995. The molecule has 0 amide bonds. The number of aromatic nitrogens is 2. The normalized spacial score (nSPS) is 10.7. The number of carbonyl (C=O) groups excluding carboxylic acids is 1. The van der Waals surface area contributed by atoms with Crippen molar-refractivity contribution in [1.29, 1.82) is 0 Å². The van der Waals surface area contributed by atoms with Crippen molar-refractivity contribution in [2.75, 3.05) is 0 Å². The average molecular weight is 343 g/mol. The Morgan fingerprint density at radius 3 is 2.95 bits per heavy atom. The van der Waals surface area contributed by atoms with E-state index in [2.05, 4.69) is 25.5 Å². The number of rotatable bonds is 5. The zero-order chi connectivity index (χ0) is 13.8. The van der Waals surface area contributed by atoms with Gasteiger partial charge in [-0.2, -0.15) is 0 Å². The van der Waals surface area contributed by atoms with E-state index in [4.69, 9.17) is 0 Å². The van der Waals surface area contributed by atoms with Gasteiger partial charge in [-0.25, -0.2) is 4.39 Å². The molecule has 0 unspecified atom stereocenters. The van der Waals surface area contributed by atoms with E-state index in [1.165, 1.54) is 12.1 Å². The molecule has 19 heavy (non-hydrogen) atoms. The van der Waals surface area contributed by atoms with E-state index in [0.717, 1.165) is 35.6 Å². The number of hydrogen-bond donors (Lipinski definition) is 0. The first-order chi connectivity index (χ1) is 9.11. The topological polar surface area (TPSA) is 42.9 Å². The smallest absolute Gasteiger partial charge is 0.180 e. The molecule has 1 aromatic heterocycles. The molecule has 3 nitrogen and oxygen atoms in total. The first kappa shape index (κ1) is 14.3. The number of aryl methyl sites for hydroxylation is 1. The van der Waals surface area contributed by atoms with E-state index in [1.807, 2.05) is 6.92 Å². The molecule has 1 heterocycles. The number of nitrogens with zero attached hydrogens (tertiary/aromatic N) is 2. The van der Waals surface area contributed by atoms with Crippen LogP contribution in [-0.4, -0.2) is 15.4 Å². The van der Waals surface area contributed by atoms with Crippen LogP contribution in [0.25, 0.3) is 0 Å². The third kappa shape index (κ3) is 3.45. The Kier molecular flexibility index (Phi) is 4.76. The van der Waals surface area contributed by atoms with E-state index < -0.39 is 0 Å². The SMILES string of the molecule is CCCc1nnsc1C(=O)Cc1ccc(F)cc1Br. The van der Waals surface area contributed by atoms with Crippen LogP contribution in [-0.2, 0) is 12.8 Å². The van der Waals surface area contributed by atoms with Crippen LogP contribution in [0.4, 0.5) is 4.39 Å². The zero-order valence-corrected chi connectivity index (χ0v) is 12.7. The van der Waals surface area contributed by atoms with Crippen molar-refractivity contribution in [2.24, 2.45) is 0 Å². The van der Waals surface area contributed by atoms with E-state index in [-0.39, 0.29) is 18.0 Å². The lowest BCUT2D eigenvalue weighted by atomic mass is 10.1. The highest BCUT2D eigenvalue weighted by atomic mass is 79.9. The molecule has 0 aliphatic rings. The first-order valence-electron chi connectivity index (χ1n) is 5.90. The zero-order valence-electron chi connectivity index (χ0n) is 10.3. The van der Waals surface area contributed by atoms with Gasteiger partial charge in [0.2, 0.25) is 0 Å². The van der Waals surface area contributed by atoms with Crippen molar-refractivity contribution in [3.05, 3.63) is 44.6 Å². The van der Waals surface area contributed by atoms with Crippen LogP contribution in [0.15, 0.2) is 22.7 Å². The highest BCUT2D eigenvalue weighted by Crippen LogP contribution is 2.22. The van der Waals surface area contributed by atoms with E-state index in [0.29, 0.717) is 9.35 Å². The van der Waals surface area contributed by atoms with E-state index in [1.54, 1.807) is 6.07 Å². The summed E-state index contributed by atoms with van der Waals surface area (Å²) in [6.45, 7) is 2.03. The Labute approximate surface area is 123 Å². The number of carbonyl (C=O) groups is 1. The summed E-state index contributed by atoms with van der Waals surface area (Å²) in [7, 11) is 0. The van der Waals surface area contributed by atoms with Crippen molar-refractivity contribution in [3.63, 3.8) is 0 Å². The molecule has 0 bridgehead atoms. The van der Waals surface area contributed by atoms with Crippen LogP contribution in [0.5, 0.6) is 0 Å². The van der Waals surface area contributed by atoms with Crippen molar-refractivity contribution < 1.29 is 9.18 Å². The summed E-state index contributed by atoms with van der Waals surface area (Å²) in [4.78, 5) is 12.8. The van der Waals surface area contributed by atoms with E-state index >= 15 is 0 Å². The van der Waals surface area contributed by atoms with Gasteiger partial charge in [-0.05, 0) is 35.6 Å². The lowest BCUT2D eigenvalue weighted by Crippen LogP contribution is -2.05. The molecule has 0 aliphatic carbocycles. The molecule has 0 saturated carbocycles. The van der Waals surface area contributed by atoms with Gasteiger partial charge in [0, 0.05) is 10.9 Å². The van der Waals surface area contributed by atoms with Crippen LogP contribution in [0.3, 0.4) is 0 Å². The van der Waals surface area contributed by atoms with Gasteiger partial charge < -0.3 is 0 Å². The molecular formula is C13H12BrFN2OS. The minimum atomic E-state index is -0.325. The molecule has 0 saturated heterocycles. The van der Waals surface area contributed by atoms with Gasteiger partial charge in [-0.15, -0.1) is 5.10 Å². The second kappa shape index (κ2) is 6.34. The van der Waals surface area contributed by atoms with Crippen molar-refractivity contribution in [2.45, 2.75) is 26.2 Å². The van der Waals surface area contributed by atoms with Crippen molar-refractivity contribution in [3.8, 4) is 0 Å². The molecule has 0 N–H and O–H groups in total. The summed E-state index contributed by atoms with van der Waals surface area (Å²) < 4.78 is 17.4. The molecule has 0 radical (unpaired) electrons.